The monoisotopic (exact) mass is 2430 g/mol. The number of pyridine rings is 2. The Balaban J connectivity index is 0.000000240. The number of nitrogens with zero attached hydrogens (tertiary/aromatic N) is 10. The molecule has 10 nitrogen and oxygen atoms in total. The minimum Gasteiger partial charge on any atom is -0.418 e. The van der Waals surface area contributed by atoms with Gasteiger partial charge in [0, 0.05) is 12.4 Å². The SMILES string of the molecule is ClCCl.ClCCl.F[B-](F)(F)F.F[B-](F)(F)F.[Cu+].[Cu+].[Cu+].[Cu+].c1ccc(-c2nnn[n-]2)nc1.c1ccc(-c2nnn[n-]2)nc1.c1ccc([PH+](C[PH+](c2ccccc2)c2ccccc2)c2ccccc2)cc1.c1ccc([PH+](C[PH+](c2ccccc2)c2ccccc2)c2ccccc2)cc1.c1ccc([PH+](C[PH+](c2ccccc2)c2ccccc2)c2ccccc2)cc1.c1ccc([PH+](C[PH+](c2ccccc2)c2ccccc2)c2ccccc2)cc1. The minimum atomic E-state index is -6.00. The zero-order chi connectivity index (χ0) is 103. The van der Waals surface area contributed by atoms with Gasteiger partial charge in [-0.2, -0.15) is 10.4 Å². The fraction of sp³-hybridized carbons (Fsp3) is 0.0526. The maximum absolute atomic E-state index is 9.75. The Hall–Kier alpha value is -9.79. The Morgan fingerprint density at radius 2 is 0.287 bits per heavy atom. The summed E-state index contributed by atoms with van der Waals surface area (Å²) in [5.74, 6) is 5.92. The molecule has 4 aromatic heterocycles. The van der Waals surface area contributed by atoms with Crippen molar-refractivity contribution in [1.29, 1.82) is 0 Å². The summed E-state index contributed by atoms with van der Waals surface area (Å²) in [5, 5.41) is 52.4. The van der Waals surface area contributed by atoms with Crippen LogP contribution in [0.3, 0.4) is 0 Å². The molecule has 36 heteroatoms. The van der Waals surface area contributed by atoms with Crippen LogP contribution in [0.25, 0.3) is 23.0 Å². The van der Waals surface area contributed by atoms with E-state index in [-0.39, 0.29) is 79.0 Å². The second-order valence-corrected chi connectivity index (χ2v) is 55.6. The third-order valence-corrected chi connectivity index (χ3v) is 49.6. The number of halogens is 12. The third kappa shape index (κ3) is 46.6. The summed E-state index contributed by atoms with van der Waals surface area (Å²) in [6.07, 6.45) is 3.34. The Kier molecular flexibility index (Phi) is 62.3. The molecule has 0 atom stereocenters. The average molecular weight is 2440 g/mol. The van der Waals surface area contributed by atoms with Gasteiger partial charge in [-0.3, -0.25) is 30.6 Å². The first-order valence-electron chi connectivity index (χ1n) is 46.3. The van der Waals surface area contributed by atoms with Crippen molar-refractivity contribution < 1.29 is 103 Å². The number of tetrazole rings is 2. The first kappa shape index (κ1) is 127. The van der Waals surface area contributed by atoms with Gasteiger partial charge in [0.1, 0.15) is 148 Å². The molecule has 0 aliphatic rings. The predicted octanol–water partition coefficient (Wildman–Crippen LogP) is 23.9. The zero-order valence-corrected chi connectivity index (χ0v) is 95.2. The van der Waals surface area contributed by atoms with Gasteiger partial charge < -0.3 is 44.7 Å². The largest absolute Gasteiger partial charge is 1.00 e. The van der Waals surface area contributed by atoms with Crippen LogP contribution in [0.15, 0.2) is 534 Å². The summed E-state index contributed by atoms with van der Waals surface area (Å²) < 4.78 is 78.0. The summed E-state index contributed by atoms with van der Waals surface area (Å²) in [4.78, 5) is 8.03. The predicted molar refractivity (Wildman–Crippen MR) is 629 cm³/mol. The van der Waals surface area contributed by atoms with Crippen molar-refractivity contribution in [2.45, 2.75) is 0 Å². The Morgan fingerprint density at radius 3 is 0.373 bits per heavy atom. The maximum atomic E-state index is 9.75. The third-order valence-electron chi connectivity index (χ3n) is 21.8. The van der Waals surface area contributed by atoms with E-state index >= 15 is 0 Å². The van der Waals surface area contributed by atoms with E-state index in [0.717, 1.165) is 0 Å². The Bertz CT molecular complexity index is 5380. The van der Waals surface area contributed by atoms with E-state index in [0.29, 0.717) is 23.0 Å². The van der Waals surface area contributed by atoms with Crippen molar-refractivity contribution in [2.75, 3.05) is 34.3 Å². The minimum absolute atomic E-state index is 0. The number of aromatic nitrogens is 10. The molecule has 780 valence electrons. The molecule has 0 N–H and O–H groups in total. The molecule has 0 bridgehead atoms. The van der Waals surface area contributed by atoms with E-state index in [1.165, 1.54) is 108 Å². The van der Waals surface area contributed by atoms with Crippen LogP contribution in [0.2, 0.25) is 0 Å². The normalized spacial score (nSPS) is 10.4. The molecule has 16 aromatic carbocycles. The van der Waals surface area contributed by atoms with E-state index in [1.807, 2.05) is 24.3 Å². The number of benzene rings is 16. The van der Waals surface area contributed by atoms with Gasteiger partial charge in [-0.15, -0.1) is 46.4 Å². The number of hydrogen-bond donors (Lipinski definition) is 0. The van der Waals surface area contributed by atoms with Crippen molar-refractivity contribution in [2.24, 2.45) is 0 Å². The standard InChI is InChI=1S/4C25H22P2.2C6H4N5.2CH2Cl2.2BF4.4Cu/c4*1-5-13-22(14-6-1)26(23-15-7-2-8-16-23)21-27(24-17-9-3-10-18-24)25-19-11-4-12-20-25;2*1-2-4-7-5(3-1)6-8-10-11-9-6;2*2-1-3;2*2-1(3,4)5;;;;/h4*1-20H,21H2;2*1-4H;2*1H2;;;;;;/q;;;;2*-1;;;2*-1;4*+1/p+8. The van der Waals surface area contributed by atoms with Gasteiger partial charge in [0.15, 0.2) is 23.6 Å². The molecule has 0 aliphatic heterocycles. The number of alkyl halides is 4. The molecule has 0 amide bonds. The first-order chi connectivity index (χ1) is 71.4. The Morgan fingerprint density at radius 1 is 0.180 bits per heavy atom. The van der Waals surface area contributed by atoms with Crippen LogP contribution in [0.1, 0.15) is 0 Å². The number of hydrogen-bond acceptors (Lipinski definition) is 8. The Labute approximate surface area is 945 Å². The van der Waals surface area contributed by atoms with Crippen LogP contribution >= 0.6 is 110 Å². The van der Waals surface area contributed by atoms with Gasteiger partial charge >= 0.3 is 82.8 Å². The van der Waals surface area contributed by atoms with Crippen LogP contribution in [0, 0.1) is 0 Å². The first-order valence-corrected chi connectivity index (χ1v) is 62.1. The van der Waals surface area contributed by atoms with E-state index < -0.39 is 77.9 Å². The molecule has 0 radical (unpaired) electrons. The van der Waals surface area contributed by atoms with Gasteiger partial charge in [-0.05, 0) is 218 Å². The van der Waals surface area contributed by atoms with Gasteiger partial charge in [0.2, 0.25) is 0 Å². The molecule has 20 rings (SSSR count). The second-order valence-electron chi connectivity index (χ2n) is 31.4. The van der Waals surface area contributed by atoms with Crippen molar-refractivity contribution in [3.63, 3.8) is 0 Å². The van der Waals surface area contributed by atoms with Gasteiger partial charge in [0.05, 0.1) is 33.7 Å². The van der Waals surface area contributed by atoms with Crippen LogP contribution in [0.4, 0.5) is 34.5 Å². The molecule has 0 unspecified atom stereocenters. The molecule has 4 heterocycles. The molecular formula is C114H108B2Cl4Cu4F8N10P8+8. The van der Waals surface area contributed by atoms with Crippen LogP contribution in [0.5, 0.6) is 0 Å². The molecule has 0 fully saturated rings. The van der Waals surface area contributed by atoms with Crippen LogP contribution < -0.4 is 95.1 Å². The van der Waals surface area contributed by atoms with Crippen molar-refractivity contribution in [1.82, 2.24) is 51.2 Å². The fourth-order valence-corrected chi connectivity index (χ4v) is 46.3. The fourth-order valence-electron chi connectivity index (χ4n) is 15.4. The quantitative estimate of drug-likeness (QED) is 0.0223. The number of rotatable bonds is 26. The summed E-state index contributed by atoms with van der Waals surface area (Å²) in [5.41, 5.74) is 1.38. The molecule has 20 aromatic rings. The topological polar surface area (TPSA) is 131 Å². The van der Waals surface area contributed by atoms with Gasteiger partial charge in [-0.1, -0.05) is 303 Å². The molecule has 0 saturated heterocycles. The summed E-state index contributed by atoms with van der Waals surface area (Å²) in [6.45, 7) is 0. The van der Waals surface area contributed by atoms with E-state index in [2.05, 4.69) is 537 Å². The maximum Gasteiger partial charge on any atom is 1.00 e. The summed E-state index contributed by atoms with van der Waals surface area (Å²) >= 11 is 19.1. The van der Waals surface area contributed by atoms with Crippen molar-refractivity contribution in [3.05, 3.63) is 534 Å². The second kappa shape index (κ2) is 73.5. The van der Waals surface area contributed by atoms with Crippen molar-refractivity contribution in [3.8, 4) is 23.0 Å². The van der Waals surface area contributed by atoms with Crippen LogP contribution in [-0.2, 0) is 68.3 Å². The van der Waals surface area contributed by atoms with E-state index in [1.54, 1.807) is 24.5 Å². The van der Waals surface area contributed by atoms with E-state index in [9.17, 15) is 34.5 Å². The summed E-state index contributed by atoms with van der Waals surface area (Å²) in [6, 6.07) is 189. The van der Waals surface area contributed by atoms with E-state index in [4.69, 9.17) is 46.4 Å². The smallest absolute Gasteiger partial charge is 0.418 e. The zero-order valence-electron chi connectivity index (χ0n) is 80.4. The molecular weight excluding hydrogens is 2330 g/mol. The molecule has 0 aliphatic carbocycles. The molecule has 150 heavy (non-hydrogen) atoms. The molecule has 0 saturated carbocycles. The van der Waals surface area contributed by atoms with Crippen LogP contribution in [-0.4, -0.2) is 89.8 Å². The summed E-state index contributed by atoms with van der Waals surface area (Å²) in [7, 11) is -18.8. The van der Waals surface area contributed by atoms with Crippen molar-refractivity contribution >= 4 is 209 Å². The van der Waals surface area contributed by atoms with Gasteiger partial charge in [-0.25, -0.2) is 0 Å². The molecule has 0 spiro atoms. The average Bonchev–Trinajstić information content (AvgIpc) is 0.868. The van der Waals surface area contributed by atoms with Gasteiger partial charge in [0.25, 0.3) is 0 Å².